The fourth-order valence-corrected chi connectivity index (χ4v) is 1.94. The Morgan fingerprint density at radius 3 is 2.65 bits per heavy atom. The van der Waals surface area contributed by atoms with Crippen LogP contribution in [0.2, 0.25) is 0 Å². The molecule has 0 aliphatic rings. The highest BCUT2D eigenvalue weighted by atomic mass is 19.1. The van der Waals surface area contributed by atoms with Crippen LogP contribution in [0.1, 0.15) is 38.3 Å². The summed E-state index contributed by atoms with van der Waals surface area (Å²) in [6, 6.07) is 5.25. The summed E-state index contributed by atoms with van der Waals surface area (Å²) in [4.78, 5) is 16.0. The minimum absolute atomic E-state index is 0.00366. The molecule has 1 aromatic rings. The van der Waals surface area contributed by atoms with Crippen LogP contribution in [-0.2, 0) is 11.3 Å². The molecule has 0 heterocycles. The van der Waals surface area contributed by atoms with Gasteiger partial charge in [-0.3, -0.25) is 4.79 Å². The molecule has 0 aliphatic carbocycles. The van der Waals surface area contributed by atoms with Gasteiger partial charge in [0, 0.05) is 25.6 Å². The highest BCUT2D eigenvalue weighted by Gasteiger charge is 2.04. The Labute approximate surface area is 137 Å². The van der Waals surface area contributed by atoms with E-state index in [9.17, 15) is 9.18 Å². The van der Waals surface area contributed by atoms with Gasteiger partial charge in [0.25, 0.3) is 0 Å². The van der Waals surface area contributed by atoms with Crippen molar-refractivity contribution in [1.82, 2.24) is 16.0 Å². The first kappa shape index (κ1) is 18.9. The van der Waals surface area contributed by atoms with E-state index in [0.717, 1.165) is 5.56 Å². The van der Waals surface area contributed by atoms with Crippen molar-refractivity contribution in [2.45, 2.75) is 46.7 Å². The van der Waals surface area contributed by atoms with Crippen molar-refractivity contribution in [1.29, 1.82) is 0 Å². The molecule has 0 radical (unpaired) electrons. The Morgan fingerprint density at radius 2 is 2.04 bits per heavy atom. The Bertz CT molecular complexity index is 543. The number of benzene rings is 1. The minimum atomic E-state index is -0.221. The minimum Gasteiger partial charge on any atom is -0.357 e. The molecular weight excluding hydrogens is 295 g/mol. The van der Waals surface area contributed by atoms with E-state index in [-0.39, 0.29) is 17.8 Å². The Kier molecular flexibility index (Phi) is 8.08. The lowest BCUT2D eigenvalue weighted by molar-refractivity contribution is -0.121. The fourth-order valence-electron chi connectivity index (χ4n) is 1.94. The zero-order valence-electron chi connectivity index (χ0n) is 14.4. The molecule has 1 rings (SSSR count). The monoisotopic (exact) mass is 322 g/mol. The number of aryl methyl sites for hydroxylation is 1. The summed E-state index contributed by atoms with van der Waals surface area (Å²) >= 11 is 0. The maximum absolute atomic E-state index is 13.5. The van der Waals surface area contributed by atoms with Crippen molar-refractivity contribution in [3.8, 4) is 0 Å². The molecule has 128 valence electrons. The molecule has 0 bridgehead atoms. The summed E-state index contributed by atoms with van der Waals surface area (Å²) in [5.74, 6) is 0.399. The van der Waals surface area contributed by atoms with Gasteiger partial charge in [-0.25, -0.2) is 9.38 Å². The lowest BCUT2D eigenvalue weighted by Gasteiger charge is -2.12. The van der Waals surface area contributed by atoms with E-state index >= 15 is 0 Å². The number of aliphatic imine (C=N–C) groups is 1. The second kappa shape index (κ2) is 9.82. The van der Waals surface area contributed by atoms with Crippen LogP contribution in [0.5, 0.6) is 0 Å². The molecule has 5 nitrogen and oxygen atoms in total. The van der Waals surface area contributed by atoms with E-state index in [1.165, 1.54) is 6.07 Å². The zero-order chi connectivity index (χ0) is 17.2. The van der Waals surface area contributed by atoms with Gasteiger partial charge in [-0.05, 0) is 44.9 Å². The molecule has 1 amide bonds. The van der Waals surface area contributed by atoms with Crippen LogP contribution in [0.15, 0.2) is 23.2 Å². The maximum atomic E-state index is 13.5. The number of nitrogens with zero attached hydrogens (tertiary/aromatic N) is 1. The number of nitrogens with one attached hydrogen (secondary N) is 3. The largest absolute Gasteiger partial charge is 0.357 e. The first-order valence-electron chi connectivity index (χ1n) is 7.99. The summed E-state index contributed by atoms with van der Waals surface area (Å²) in [6.45, 7) is 9.14. The lowest BCUT2D eigenvalue weighted by Crippen LogP contribution is -2.40. The quantitative estimate of drug-likeness (QED) is 0.532. The van der Waals surface area contributed by atoms with E-state index in [2.05, 4.69) is 20.9 Å². The molecule has 0 aromatic heterocycles. The smallest absolute Gasteiger partial charge is 0.221 e. The number of hydrogen-bond donors (Lipinski definition) is 3. The van der Waals surface area contributed by atoms with Crippen molar-refractivity contribution in [2.75, 3.05) is 13.1 Å². The molecule has 23 heavy (non-hydrogen) atoms. The summed E-state index contributed by atoms with van der Waals surface area (Å²) in [7, 11) is 0. The van der Waals surface area contributed by atoms with Crippen LogP contribution in [0, 0.1) is 12.7 Å². The standard InChI is InChI=1S/C17H27FN4O/c1-5-19-17(20-9-8-16(23)22-12(2)3)21-11-14-7-6-13(4)15(18)10-14/h6-7,10,12H,5,8-9,11H2,1-4H3,(H,22,23)(H2,19,20,21). The molecule has 1 aromatic carbocycles. The van der Waals surface area contributed by atoms with Gasteiger partial charge in [-0.1, -0.05) is 12.1 Å². The van der Waals surface area contributed by atoms with Gasteiger partial charge in [0.15, 0.2) is 5.96 Å². The SMILES string of the molecule is CCNC(=NCc1ccc(C)c(F)c1)NCCC(=O)NC(C)C. The van der Waals surface area contributed by atoms with E-state index < -0.39 is 0 Å². The number of guanidine groups is 1. The van der Waals surface area contributed by atoms with Crippen molar-refractivity contribution in [2.24, 2.45) is 4.99 Å². The van der Waals surface area contributed by atoms with Crippen molar-refractivity contribution in [3.05, 3.63) is 35.1 Å². The van der Waals surface area contributed by atoms with Crippen molar-refractivity contribution >= 4 is 11.9 Å². The van der Waals surface area contributed by atoms with Crippen molar-refractivity contribution < 1.29 is 9.18 Å². The normalized spacial score (nSPS) is 11.5. The molecule has 3 N–H and O–H groups in total. The number of rotatable bonds is 7. The number of hydrogen-bond acceptors (Lipinski definition) is 2. The third kappa shape index (κ3) is 7.63. The molecule has 0 atom stereocenters. The van der Waals surface area contributed by atoms with Crippen molar-refractivity contribution in [3.63, 3.8) is 0 Å². The average molecular weight is 322 g/mol. The van der Waals surface area contributed by atoms with Gasteiger partial charge in [-0.2, -0.15) is 0 Å². The summed E-state index contributed by atoms with van der Waals surface area (Å²) in [5, 5.41) is 9.05. The number of halogens is 1. The van der Waals surface area contributed by atoms with Gasteiger partial charge in [0.1, 0.15) is 5.82 Å². The highest BCUT2D eigenvalue weighted by Crippen LogP contribution is 2.09. The van der Waals surface area contributed by atoms with Gasteiger partial charge < -0.3 is 16.0 Å². The third-order valence-electron chi connectivity index (χ3n) is 3.09. The fraction of sp³-hybridized carbons (Fsp3) is 0.529. The first-order chi connectivity index (χ1) is 10.9. The van der Waals surface area contributed by atoms with Crippen LogP contribution in [-0.4, -0.2) is 31.0 Å². The molecule has 0 fully saturated rings. The molecule has 0 unspecified atom stereocenters. The second-order valence-corrected chi connectivity index (χ2v) is 5.68. The van der Waals surface area contributed by atoms with Crippen LogP contribution in [0.25, 0.3) is 0 Å². The Morgan fingerprint density at radius 1 is 1.30 bits per heavy atom. The van der Waals surface area contributed by atoms with Crippen LogP contribution >= 0.6 is 0 Å². The molecule has 6 heteroatoms. The average Bonchev–Trinajstić information content (AvgIpc) is 2.47. The van der Waals surface area contributed by atoms with E-state index in [0.29, 0.717) is 37.6 Å². The second-order valence-electron chi connectivity index (χ2n) is 5.68. The van der Waals surface area contributed by atoms with E-state index in [1.807, 2.05) is 26.8 Å². The Hall–Kier alpha value is -2.11. The lowest BCUT2D eigenvalue weighted by atomic mass is 10.1. The van der Waals surface area contributed by atoms with Gasteiger partial charge >= 0.3 is 0 Å². The van der Waals surface area contributed by atoms with Gasteiger partial charge in [0.05, 0.1) is 6.54 Å². The predicted octanol–water partition coefficient (Wildman–Crippen LogP) is 2.10. The number of carbonyl (C=O) groups is 1. The highest BCUT2D eigenvalue weighted by molar-refractivity contribution is 5.81. The topological polar surface area (TPSA) is 65.5 Å². The number of amides is 1. The van der Waals surface area contributed by atoms with Gasteiger partial charge in [0.2, 0.25) is 5.91 Å². The third-order valence-corrected chi connectivity index (χ3v) is 3.09. The molecule has 0 saturated heterocycles. The van der Waals surface area contributed by atoms with Crippen LogP contribution in [0.3, 0.4) is 0 Å². The first-order valence-corrected chi connectivity index (χ1v) is 7.99. The predicted molar refractivity (Wildman–Crippen MR) is 91.9 cm³/mol. The van der Waals surface area contributed by atoms with E-state index in [1.54, 1.807) is 13.0 Å². The maximum Gasteiger partial charge on any atom is 0.221 e. The molecule has 0 spiro atoms. The zero-order valence-corrected chi connectivity index (χ0v) is 14.4. The molecule has 0 aliphatic heterocycles. The van der Waals surface area contributed by atoms with Crippen LogP contribution < -0.4 is 16.0 Å². The summed E-state index contributed by atoms with van der Waals surface area (Å²) in [6.07, 6.45) is 0.377. The van der Waals surface area contributed by atoms with E-state index in [4.69, 9.17) is 0 Å². The van der Waals surface area contributed by atoms with Crippen LogP contribution in [0.4, 0.5) is 4.39 Å². The Balaban J connectivity index is 2.52. The molecule has 0 saturated carbocycles. The van der Waals surface area contributed by atoms with Gasteiger partial charge in [-0.15, -0.1) is 0 Å². The molecular formula is C17H27FN4O. The number of carbonyl (C=O) groups excluding carboxylic acids is 1. The summed E-state index contributed by atoms with van der Waals surface area (Å²) < 4.78 is 13.5. The summed E-state index contributed by atoms with van der Waals surface area (Å²) in [5.41, 5.74) is 1.43.